The Kier molecular flexibility index (Phi) is 7.86. The highest BCUT2D eigenvalue weighted by Crippen LogP contribution is 2.39. The summed E-state index contributed by atoms with van der Waals surface area (Å²) in [5.41, 5.74) is 5.01. The van der Waals surface area contributed by atoms with Gasteiger partial charge in [0.25, 0.3) is 0 Å². The standard InChI is InChI=1S/C31H36N4O3/c1-20-13-15-22(16-14-20)25-18-26(33-30(38)32-23-10-8-9-21(2)17-23)29(37)35(19-28(36)34-31(3,4)5)27-12-7-6-11-24(25)27/h6-17,25-26H,18-19H2,1-5H3,(H,34,36)(H2,32,33,38). The molecule has 2 atom stereocenters. The summed E-state index contributed by atoms with van der Waals surface area (Å²) < 4.78 is 0. The van der Waals surface area contributed by atoms with E-state index in [1.807, 2.05) is 89.2 Å². The van der Waals surface area contributed by atoms with Crippen LogP contribution in [0.1, 0.15) is 55.4 Å². The van der Waals surface area contributed by atoms with Crippen molar-refractivity contribution in [2.24, 2.45) is 0 Å². The second-order valence-electron chi connectivity index (χ2n) is 11.0. The molecule has 0 bridgehead atoms. The zero-order chi connectivity index (χ0) is 27.4. The molecule has 0 radical (unpaired) electrons. The summed E-state index contributed by atoms with van der Waals surface area (Å²) in [5.74, 6) is -0.747. The number of rotatable bonds is 5. The van der Waals surface area contributed by atoms with Crippen molar-refractivity contribution in [3.05, 3.63) is 95.1 Å². The van der Waals surface area contributed by atoms with Gasteiger partial charge in [0.1, 0.15) is 12.6 Å². The lowest BCUT2D eigenvalue weighted by Crippen LogP contribution is -2.53. The summed E-state index contributed by atoms with van der Waals surface area (Å²) in [6.45, 7) is 9.53. The molecule has 1 aliphatic rings. The van der Waals surface area contributed by atoms with Crippen LogP contribution in [0.2, 0.25) is 0 Å². The molecule has 0 saturated carbocycles. The quantitative estimate of drug-likeness (QED) is 0.435. The van der Waals surface area contributed by atoms with E-state index in [1.165, 1.54) is 4.90 Å². The van der Waals surface area contributed by atoms with Gasteiger partial charge in [0.05, 0.1) is 0 Å². The van der Waals surface area contributed by atoms with Crippen molar-refractivity contribution in [2.75, 3.05) is 16.8 Å². The van der Waals surface area contributed by atoms with Crippen LogP contribution in [-0.4, -0.2) is 36.0 Å². The Morgan fingerprint density at radius 1 is 0.921 bits per heavy atom. The van der Waals surface area contributed by atoms with Gasteiger partial charge in [-0.1, -0.05) is 60.2 Å². The number of urea groups is 1. The minimum absolute atomic E-state index is 0.147. The summed E-state index contributed by atoms with van der Waals surface area (Å²) in [4.78, 5) is 41.5. The predicted octanol–water partition coefficient (Wildman–Crippen LogP) is 5.28. The highest BCUT2D eigenvalue weighted by Gasteiger charge is 2.37. The van der Waals surface area contributed by atoms with Crippen LogP contribution in [0.3, 0.4) is 0 Å². The Hall–Kier alpha value is -4.13. The van der Waals surface area contributed by atoms with Crippen molar-refractivity contribution >= 4 is 29.2 Å². The van der Waals surface area contributed by atoms with Gasteiger partial charge in [-0.2, -0.15) is 0 Å². The van der Waals surface area contributed by atoms with Gasteiger partial charge in [-0.05, 0) is 75.9 Å². The number of benzene rings is 3. The Balaban J connectivity index is 1.70. The normalized spacial score (nSPS) is 17.3. The second kappa shape index (κ2) is 11.1. The average molecular weight is 513 g/mol. The number of hydrogen-bond acceptors (Lipinski definition) is 3. The molecule has 3 aromatic rings. The first-order chi connectivity index (χ1) is 18.0. The minimum atomic E-state index is -0.846. The van der Waals surface area contributed by atoms with E-state index >= 15 is 0 Å². The monoisotopic (exact) mass is 512 g/mol. The number of anilines is 2. The SMILES string of the molecule is Cc1ccc(C2CC(NC(=O)Nc3cccc(C)c3)C(=O)N(CC(=O)NC(C)(C)C)c3ccccc32)cc1. The van der Waals surface area contributed by atoms with Gasteiger partial charge in [-0.15, -0.1) is 0 Å². The molecule has 198 valence electrons. The van der Waals surface area contributed by atoms with E-state index in [0.29, 0.717) is 17.8 Å². The zero-order valence-corrected chi connectivity index (χ0v) is 22.7. The van der Waals surface area contributed by atoms with E-state index in [4.69, 9.17) is 0 Å². The number of carbonyl (C=O) groups excluding carboxylic acids is 3. The molecule has 0 aromatic heterocycles. The molecule has 0 saturated heterocycles. The number of carbonyl (C=O) groups is 3. The summed E-state index contributed by atoms with van der Waals surface area (Å²) >= 11 is 0. The average Bonchev–Trinajstić information content (AvgIpc) is 2.94. The molecule has 7 nitrogen and oxygen atoms in total. The van der Waals surface area contributed by atoms with Crippen LogP contribution in [0.25, 0.3) is 0 Å². The Bertz CT molecular complexity index is 1330. The van der Waals surface area contributed by atoms with Gasteiger partial charge in [-0.3, -0.25) is 9.59 Å². The van der Waals surface area contributed by atoms with Gasteiger partial charge in [0, 0.05) is 22.8 Å². The molecule has 4 amide bonds. The molecule has 4 rings (SSSR count). The summed E-state index contributed by atoms with van der Waals surface area (Å²) in [6, 6.07) is 22.1. The topological polar surface area (TPSA) is 90.5 Å². The van der Waals surface area contributed by atoms with Crippen molar-refractivity contribution in [1.82, 2.24) is 10.6 Å². The van der Waals surface area contributed by atoms with Crippen LogP contribution in [0.5, 0.6) is 0 Å². The maximum atomic E-state index is 14.0. The zero-order valence-electron chi connectivity index (χ0n) is 22.7. The first kappa shape index (κ1) is 26.9. The Morgan fingerprint density at radius 2 is 1.63 bits per heavy atom. The first-order valence-electron chi connectivity index (χ1n) is 12.9. The number of nitrogens with zero attached hydrogens (tertiary/aromatic N) is 1. The molecule has 0 spiro atoms. The maximum Gasteiger partial charge on any atom is 0.319 e. The van der Waals surface area contributed by atoms with Crippen LogP contribution < -0.4 is 20.9 Å². The number of para-hydroxylation sites is 1. The smallest absolute Gasteiger partial charge is 0.319 e. The lowest BCUT2D eigenvalue weighted by atomic mass is 9.86. The molecule has 3 N–H and O–H groups in total. The van der Waals surface area contributed by atoms with Gasteiger partial charge < -0.3 is 20.9 Å². The van der Waals surface area contributed by atoms with E-state index in [1.54, 1.807) is 6.07 Å². The third kappa shape index (κ3) is 6.59. The molecule has 1 heterocycles. The van der Waals surface area contributed by atoms with E-state index in [2.05, 4.69) is 28.1 Å². The molecule has 2 unspecified atom stereocenters. The van der Waals surface area contributed by atoms with Gasteiger partial charge in [-0.25, -0.2) is 4.79 Å². The third-order valence-corrected chi connectivity index (χ3v) is 6.52. The van der Waals surface area contributed by atoms with Crippen molar-refractivity contribution in [3.63, 3.8) is 0 Å². The number of fused-ring (bicyclic) bond motifs is 1. The molecule has 0 aliphatic carbocycles. The third-order valence-electron chi connectivity index (χ3n) is 6.52. The largest absolute Gasteiger partial charge is 0.350 e. The summed E-state index contributed by atoms with van der Waals surface area (Å²) in [5, 5.41) is 8.69. The van der Waals surface area contributed by atoms with E-state index in [-0.39, 0.29) is 24.3 Å². The Morgan fingerprint density at radius 3 is 2.32 bits per heavy atom. The minimum Gasteiger partial charge on any atom is -0.350 e. The molecule has 7 heteroatoms. The van der Waals surface area contributed by atoms with E-state index in [9.17, 15) is 14.4 Å². The fourth-order valence-electron chi connectivity index (χ4n) is 4.85. The van der Waals surface area contributed by atoms with Gasteiger partial charge >= 0.3 is 6.03 Å². The first-order valence-corrected chi connectivity index (χ1v) is 12.9. The molecule has 38 heavy (non-hydrogen) atoms. The van der Waals surface area contributed by atoms with Crippen molar-refractivity contribution in [2.45, 2.75) is 58.5 Å². The lowest BCUT2D eigenvalue weighted by Gasteiger charge is -2.28. The second-order valence-corrected chi connectivity index (χ2v) is 11.0. The van der Waals surface area contributed by atoms with Crippen molar-refractivity contribution in [1.29, 1.82) is 0 Å². The Labute approximate surface area is 224 Å². The number of amides is 4. The molecular weight excluding hydrogens is 476 g/mol. The number of aryl methyl sites for hydroxylation is 2. The van der Waals surface area contributed by atoms with Gasteiger partial charge in [0.2, 0.25) is 11.8 Å². The van der Waals surface area contributed by atoms with Crippen LogP contribution in [-0.2, 0) is 9.59 Å². The van der Waals surface area contributed by atoms with E-state index < -0.39 is 17.6 Å². The van der Waals surface area contributed by atoms with E-state index in [0.717, 1.165) is 22.3 Å². The van der Waals surface area contributed by atoms with Crippen LogP contribution in [0, 0.1) is 13.8 Å². The maximum absolute atomic E-state index is 14.0. The van der Waals surface area contributed by atoms with Crippen LogP contribution in [0.15, 0.2) is 72.8 Å². The number of nitrogens with one attached hydrogen (secondary N) is 3. The summed E-state index contributed by atoms with van der Waals surface area (Å²) in [6.07, 6.45) is 0.359. The lowest BCUT2D eigenvalue weighted by molar-refractivity contribution is -0.125. The highest BCUT2D eigenvalue weighted by atomic mass is 16.2. The van der Waals surface area contributed by atoms with Crippen LogP contribution >= 0.6 is 0 Å². The van der Waals surface area contributed by atoms with Crippen molar-refractivity contribution in [3.8, 4) is 0 Å². The molecular formula is C31H36N4O3. The summed E-state index contributed by atoms with van der Waals surface area (Å²) in [7, 11) is 0. The molecule has 0 fully saturated rings. The fraction of sp³-hybridized carbons (Fsp3) is 0.323. The van der Waals surface area contributed by atoms with Crippen LogP contribution in [0.4, 0.5) is 16.2 Å². The van der Waals surface area contributed by atoms with Gasteiger partial charge in [0.15, 0.2) is 0 Å². The molecule has 3 aromatic carbocycles. The highest BCUT2D eigenvalue weighted by molar-refractivity contribution is 6.05. The predicted molar refractivity (Wildman–Crippen MR) is 151 cm³/mol. The molecule has 1 aliphatic heterocycles. The number of hydrogen-bond donors (Lipinski definition) is 3. The fourth-order valence-corrected chi connectivity index (χ4v) is 4.85. The van der Waals surface area contributed by atoms with Crippen molar-refractivity contribution < 1.29 is 14.4 Å².